The summed E-state index contributed by atoms with van der Waals surface area (Å²) in [4.78, 5) is 8.05. The molecule has 0 fully saturated rings. The molecule has 20 heterocycles. The van der Waals surface area contributed by atoms with Crippen LogP contribution in [-0.4, -0.2) is 128 Å². The maximum Gasteiger partial charge on any atom is 0.0717 e. The van der Waals surface area contributed by atoms with E-state index in [9.17, 15) is 0 Å². The van der Waals surface area contributed by atoms with E-state index < -0.39 is 0 Å². The minimum atomic E-state index is 0.598. The van der Waals surface area contributed by atoms with Crippen LogP contribution in [0, 0.1) is 0 Å². The highest BCUT2D eigenvalue weighted by molar-refractivity contribution is 8.44. The average molecular weight is 1380 g/mol. The molecule has 0 spiro atoms. The molecule has 0 unspecified atom stereocenters. The highest BCUT2D eigenvalue weighted by atomic mass is 32.3. The summed E-state index contributed by atoms with van der Waals surface area (Å²) in [5, 5.41) is 0. The SMILES string of the molecule is c1c2cc3cc1Cn1cc4c(c1)SC(=C1SC5=C(SCCOCCOCCSC6=C(SCCOCCOCCSC7=C(SCCOCCOCCS5)SC(=C5Sc8cn(cc8S5)C2)S7)SC(=C2Sc5cn(cc5S2)C3)S6)S1)S4. The van der Waals surface area contributed by atoms with Crippen molar-refractivity contribution in [3.63, 3.8) is 0 Å². The molecular formula is C51H51N3O6S18. The van der Waals surface area contributed by atoms with E-state index >= 15 is 0 Å². The number of hydrogen-bond donors (Lipinski definition) is 0. The third-order valence-corrected chi connectivity index (χ3v) is 37.3. The van der Waals surface area contributed by atoms with Crippen LogP contribution in [0.4, 0.5) is 0 Å². The lowest BCUT2D eigenvalue weighted by molar-refractivity contribution is 0.0605. The van der Waals surface area contributed by atoms with Gasteiger partial charge in [-0.3, -0.25) is 0 Å². The smallest absolute Gasteiger partial charge is 0.0717 e. The van der Waals surface area contributed by atoms with Crippen LogP contribution in [0.25, 0.3) is 0 Å². The number of ether oxygens (including phenoxy) is 6. The Balaban J connectivity index is 0.823. The Morgan fingerprint density at radius 2 is 0.423 bits per heavy atom. The van der Waals surface area contributed by atoms with Crippen molar-refractivity contribution in [1.82, 2.24) is 13.7 Å². The molecule has 21 rings (SSSR count). The third kappa shape index (κ3) is 15.3. The van der Waals surface area contributed by atoms with Crippen LogP contribution in [-0.2, 0) is 48.1 Å². The maximum absolute atomic E-state index is 6.15. The highest BCUT2D eigenvalue weighted by Gasteiger charge is 2.34. The van der Waals surface area contributed by atoms with E-state index in [4.69, 9.17) is 28.4 Å². The normalized spacial score (nSPS) is 23.1. The van der Waals surface area contributed by atoms with E-state index in [1.54, 1.807) is 0 Å². The minimum Gasteiger partial charge on any atom is -0.378 e. The zero-order valence-corrected chi connectivity index (χ0v) is 56.4. The monoisotopic (exact) mass is 1380 g/mol. The van der Waals surface area contributed by atoms with Gasteiger partial charge in [-0.2, -0.15) is 0 Å². The molecule has 78 heavy (non-hydrogen) atoms. The molecule has 17 aliphatic rings. The minimum absolute atomic E-state index is 0.598. The summed E-state index contributed by atoms with van der Waals surface area (Å²) in [6, 6.07) is 7.33. The lowest BCUT2D eigenvalue weighted by Gasteiger charge is -2.13. The number of nitrogens with zero attached hydrogens (tertiary/aromatic N) is 3. The maximum atomic E-state index is 6.15. The largest absolute Gasteiger partial charge is 0.378 e. The second-order valence-corrected chi connectivity index (χ2v) is 39.7. The number of thioether (sulfide) groups is 18. The Labute approximate surface area is 533 Å². The quantitative estimate of drug-likeness (QED) is 0.168. The molecule has 1 aromatic carbocycles. The second kappa shape index (κ2) is 29.0. The van der Waals surface area contributed by atoms with Gasteiger partial charge in [-0.25, -0.2) is 0 Å². The van der Waals surface area contributed by atoms with Gasteiger partial charge in [0.25, 0.3) is 0 Å². The van der Waals surface area contributed by atoms with E-state index in [-0.39, 0.29) is 0 Å². The van der Waals surface area contributed by atoms with Gasteiger partial charge in [0, 0.05) is 121 Å². The Kier molecular flexibility index (Phi) is 21.8. The Morgan fingerprint density at radius 1 is 0.231 bits per heavy atom. The third-order valence-electron chi connectivity index (χ3n) is 11.8. The van der Waals surface area contributed by atoms with Crippen LogP contribution in [0.3, 0.4) is 0 Å². The molecule has 0 saturated carbocycles. The number of benzene rings is 1. The van der Waals surface area contributed by atoms with Crippen LogP contribution < -0.4 is 0 Å². The predicted molar refractivity (Wildman–Crippen MR) is 360 cm³/mol. The molecule has 0 radical (unpaired) electrons. The summed E-state index contributed by atoms with van der Waals surface area (Å²) in [5.41, 5.74) is 3.99. The zero-order valence-electron chi connectivity index (χ0n) is 41.7. The van der Waals surface area contributed by atoms with E-state index in [0.717, 1.165) is 54.2 Å². The van der Waals surface area contributed by atoms with Crippen molar-refractivity contribution in [1.29, 1.82) is 0 Å². The molecule has 0 amide bonds. The van der Waals surface area contributed by atoms with Crippen molar-refractivity contribution >= 4 is 212 Å². The first-order valence-electron chi connectivity index (χ1n) is 25.1. The number of rotatable bonds is 0. The molecule has 0 atom stereocenters. The van der Waals surface area contributed by atoms with Crippen LogP contribution in [0.1, 0.15) is 16.7 Å². The second-order valence-electron chi connectivity index (χ2n) is 17.6. The van der Waals surface area contributed by atoms with Gasteiger partial charge in [0.05, 0.1) is 130 Å². The fraction of sp³-hybridized carbons (Fsp3) is 0.412. The van der Waals surface area contributed by atoms with Crippen molar-refractivity contribution in [3.05, 3.63) is 123 Å². The molecule has 0 N–H and O–H groups in total. The standard InChI is InChI=1S/C51H51N3O6S18/c1-2-56-8-14-62-42-43-64-16-10-58-5-6-60-12-18-66-45-44-65-17-11-59-4-3-57-9-15-63-41-40(61-13-7-55-1)73-49(74-41)46-67-34-25-52(26-35(34)68-46)22-31-19-32(23-53-27-36-37(28-53)70-47(69-36)50(75-42)76-43)21-33(20-31)24-54-29-38-39(30-54)72-48(71-38)51(77-44)78-45/h19-21,25-30H,1-18,22-24H2. The summed E-state index contributed by atoms with van der Waals surface area (Å²) in [6.45, 7) is 10.2. The Morgan fingerprint density at radius 3 is 0.628 bits per heavy atom. The lowest BCUT2D eigenvalue weighted by Crippen LogP contribution is -2.08. The first kappa shape index (κ1) is 58.6. The molecule has 0 aliphatic carbocycles. The molecular weight excluding hydrogens is 1330 g/mol. The predicted octanol–water partition coefficient (Wildman–Crippen LogP) is 17.6. The number of aromatic nitrogens is 3. The summed E-state index contributed by atoms with van der Waals surface area (Å²) >= 11 is 34.7. The first-order valence-corrected chi connectivity index (χ1v) is 40.8. The summed E-state index contributed by atoms with van der Waals surface area (Å²) in [6.07, 6.45) is 14.2. The zero-order chi connectivity index (χ0) is 52.0. The fourth-order valence-electron chi connectivity index (χ4n) is 8.51. The first-order chi connectivity index (χ1) is 38.5. The average Bonchev–Trinajstić information content (AvgIpc) is 4.32. The molecule has 0 saturated heterocycles. The Bertz CT molecular complexity index is 2600. The van der Waals surface area contributed by atoms with E-state index in [2.05, 4.69) is 69.1 Å². The van der Waals surface area contributed by atoms with E-state index in [0.29, 0.717) is 79.3 Å². The van der Waals surface area contributed by atoms with Crippen LogP contribution >= 0.6 is 212 Å². The summed E-state index contributed by atoms with van der Waals surface area (Å²) < 4.78 is 60.7. The number of hydrogen-bond acceptors (Lipinski definition) is 24. The van der Waals surface area contributed by atoms with Gasteiger partial charge in [-0.15, -0.1) is 70.6 Å². The van der Waals surface area contributed by atoms with Crippen molar-refractivity contribution < 1.29 is 28.4 Å². The van der Waals surface area contributed by atoms with Gasteiger partial charge in [0.15, 0.2) is 0 Å². The van der Waals surface area contributed by atoms with Crippen molar-refractivity contribution in [2.75, 3.05) is 114 Å². The summed E-state index contributed by atoms with van der Waals surface area (Å²) in [7, 11) is 0. The van der Waals surface area contributed by atoms with Crippen LogP contribution in [0.15, 0.2) is 136 Å². The van der Waals surface area contributed by atoms with E-state index in [1.807, 2.05) is 212 Å². The van der Waals surface area contributed by atoms with Crippen molar-refractivity contribution in [3.8, 4) is 0 Å². The fourth-order valence-corrected chi connectivity index (χ4v) is 34.1. The van der Waals surface area contributed by atoms with Crippen molar-refractivity contribution in [2.45, 2.75) is 49.0 Å². The molecule has 414 valence electrons. The van der Waals surface area contributed by atoms with Crippen LogP contribution in [0.5, 0.6) is 0 Å². The lowest BCUT2D eigenvalue weighted by atomic mass is 10.0. The van der Waals surface area contributed by atoms with Crippen LogP contribution in [0.2, 0.25) is 0 Å². The van der Waals surface area contributed by atoms with Gasteiger partial charge in [-0.1, -0.05) is 159 Å². The summed E-state index contributed by atoms with van der Waals surface area (Å²) in [5.74, 6) is 5.39. The molecule has 24 bridgehead atoms. The van der Waals surface area contributed by atoms with Gasteiger partial charge < -0.3 is 42.1 Å². The molecule has 9 nitrogen and oxygen atoms in total. The molecule has 3 aromatic heterocycles. The van der Waals surface area contributed by atoms with E-state index in [1.165, 1.54) is 96.9 Å². The molecule has 27 heteroatoms. The van der Waals surface area contributed by atoms with Gasteiger partial charge >= 0.3 is 0 Å². The Hall–Kier alpha value is 1.56. The molecule has 17 aliphatic heterocycles. The van der Waals surface area contributed by atoms with Gasteiger partial charge in [-0.05, 0) is 16.7 Å². The van der Waals surface area contributed by atoms with Crippen molar-refractivity contribution in [2.24, 2.45) is 0 Å². The highest BCUT2D eigenvalue weighted by Crippen LogP contribution is 2.67. The van der Waals surface area contributed by atoms with Gasteiger partial charge in [0.1, 0.15) is 0 Å². The topological polar surface area (TPSA) is 70.2 Å². The molecule has 4 aromatic rings. The van der Waals surface area contributed by atoms with Gasteiger partial charge in [0.2, 0.25) is 0 Å².